The summed E-state index contributed by atoms with van der Waals surface area (Å²) in [6.07, 6.45) is 0. The highest BCUT2D eigenvalue weighted by Crippen LogP contribution is 2.27. The Balaban J connectivity index is 2.15. The molecule has 7 heteroatoms. The molecule has 0 saturated carbocycles. The highest BCUT2D eigenvalue weighted by atomic mass is 79.9. The summed E-state index contributed by atoms with van der Waals surface area (Å²) in [5.74, 6) is 0.585. The molecule has 0 bridgehead atoms. The van der Waals surface area contributed by atoms with Gasteiger partial charge in [-0.3, -0.25) is 0 Å². The van der Waals surface area contributed by atoms with Crippen molar-refractivity contribution in [2.45, 2.75) is 0 Å². The number of anilines is 1. The number of hydrogen-bond acceptors (Lipinski definition) is 4. The third kappa shape index (κ3) is 2.39. The minimum atomic E-state index is 0.553. The van der Waals surface area contributed by atoms with Crippen LogP contribution >= 0.6 is 27.5 Å². The summed E-state index contributed by atoms with van der Waals surface area (Å²) >= 11 is 9.61. The first kappa shape index (κ1) is 13.1. The summed E-state index contributed by atoms with van der Waals surface area (Å²) in [5, 5.41) is 12.3. The molecular formula is C13H9BrClN5. The molecule has 1 aromatic heterocycles. The van der Waals surface area contributed by atoms with E-state index in [1.54, 1.807) is 10.7 Å². The van der Waals surface area contributed by atoms with Gasteiger partial charge in [-0.05, 0) is 40.8 Å². The van der Waals surface area contributed by atoms with E-state index in [1.807, 2.05) is 36.4 Å². The third-order valence-electron chi connectivity index (χ3n) is 2.75. The van der Waals surface area contributed by atoms with Gasteiger partial charge in [-0.15, -0.1) is 5.10 Å². The summed E-state index contributed by atoms with van der Waals surface area (Å²) in [4.78, 5) is 0. The second kappa shape index (κ2) is 5.22. The fraction of sp³-hybridized carbons (Fsp3) is 0. The second-order valence-electron chi connectivity index (χ2n) is 4.14. The lowest BCUT2D eigenvalue weighted by Crippen LogP contribution is -2.01. The molecule has 3 rings (SSSR count). The quantitative estimate of drug-likeness (QED) is 0.720. The molecule has 0 aliphatic heterocycles. The number of hydrogen-bond donors (Lipinski definition) is 1. The Morgan fingerprint density at radius 3 is 2.75 bits per heavy atom. The minimum absolute atomic E-state index is 0.553. The molecule has 0 spiro atoms. The summed E-state index contributed by atoms with van der Waals surface area (Å²) in [5.41, 5.74) is 7.98. The summed E-state index contributed by atoms with van der Waals surface area (Å²) < 4.78 is 2.48. The van der Waals surface area contributed by atoms with E-state index >= 15 is 0 Å². The average molecular weight is 351 g/mol. The fourth-order valence-electron chi connectivity index (χ4n) is 1.86. The van der Waals surface area contributed by atoms with Crippen molar-refractivity contribution < 1.29 is 0 Å². The number of nitrogens with zero attached hydrogens (tertiary/aromatic N) is 4. The van der Waals surface area contributed by atoms with Gasteiger partial charge in [0.2, 0.25) is 0 Å². The van der Waals surface area contributed by atoms with Crippen LogP contribution in [0, 0.1) is 0 Å². The van der Waals surface area contributed by atoms with Gasteiger partial charge in [-0.2, -0.15) is 4.68 Å². The number of tetrazole rings is 1. The maximum Gasteiger partial charge on any atom is 0.187 e. The van der Waals surface area contributed by atoms with Crippen LogP contribution in [0.15, 0.2) is 46.9 Å². The molecule has 0 amide bonds. The highest BCUT2D eigenvalue weighted by molar-refractivity contribution is 9.10. The topological polar surface area (TPSA) is 69.6 Å². The molecule has 0 fully saturated rings. The Hall–Kier alpha value is -1.92. The van der Waals surface area contributed by atoms with E-state index in [4.69, 9.17) is 17.3 Å². The molecule has 0 saturated heterocycles. The van der Waals surface area contributed by atoms with Crippen molar-refractivity contribution in [1.82, 2.24) is 20.2 Å². The number of nitrogens with two attached hydrogens (primary N) is 1. The zero-order valence-electron chi connectivity index (χ0n) is 10.2. The van der Waals surface area contributed by atoms with Gasteiger partial charge in [0.15, 0.2) is 5.82 Å². The van der Waals surface area contributed by atoms with Crippen LogP contribution < -0.4 is 5.73 Å². The lowest BCUT2D eigenvalue weighted by molar-refractivity contribution is 0.791. The fourth-order valence-corrected chi connectivity index (χ4v) is 2.61. The largest absolute Gasteiger partial charge is 0.399 e. The number of benzene rings is 2. The molecule has 1 heterocycles. The van der Waals surface area contributed by atoms with Gasteiger partial charge in [0, 0.05) is 15.7 Å². The van der Waals surface area contributed by atoms with Crippen molar-refractivity contribution in [1.29, 1.82) is 0 Å². The molecule has 0 aliphatic rings. The first-order valence-corrected chi connectivity index (χ1v) is 6.92. The van der Waals surface area contributed by atoms with Gasteiger partial charge in [0.25, 0.3) is 0 Å². The molecule has 0 atom stereocenters. The van der Waals surface area contributed by atoms with Crippen molar-refractivity contribution >= 4 is 33.2 Å². The number of halogens is 2. The molecule has 100 valence electrons. The molecule has 3 aromatic rings. The number of aromatic nitrogens is 4. The van der Waals surface area contributed by atoms with Crippen molar-refractivity contribution in [3.63, 3.8) is 0 Å². The van der Waals surface area contributed by atoms with Crippen LogP contribution in [0.4, 0.5) is 5.69 Å². The predicted molar refractivity (Wildman–Crippen MR) is 81.7 cm³/mol. The van der Waals surface area contributed by atoms with Crippen LogP contribution in [0.25, 0.3) is 17.1 Å². The molecule has 5 nitrogen and oxygen atoms in total. The SMILES string of the molecule is Nc1cccc(-c2nnnn2-c2ccc(Br)cc2Cl)c1. The monoisotopic (exact) mass is 349 g/mol. The Morgan fingerprint density at radius 1 is 1.15 bits per heavy atom. The Bertz CT molecular complexity index is 771. The maximum atomic E-state index is 6.24. The summed E-state index contributed by atoms with van der Waals surface area (Å²) in [6, 6.07) is 12.9. The van der Waals surface area contributed by atoms with E-state index in [-0.39, 0.29) is 0 Å². The normalized spacial score (nSPS) is 10.7. The maximum absolute atomic E-state index is 6.24. The van der Waals surface area contributed by atoms with Gasteiger partial charge in [-0.1, -0.05) is 39.7 Å². The van der Waals surface area contributed by atoms with E-state index in [0.29, 0.717) is 22.2 Å². The molecule has 0 aliphatic carbocycles. The number of nitrogen functional groups attached to an aromatic ring is 1. The van der Waals surface area contributed by atoms with E-state index in [2.05, 4.69) is 31.5 Å². The zero-order chi connectivity index (χ0) is 14.1. The Morgan fingerprint density at radius 2 is 2.00 bits per heavy atom. The van der Waals surface area contributed by atoms with Crippen LogP contribution in [0.1, 0.15) is 0 Å². The van der Waals surface area contributed by atoms with Gasteiger partial charge in [0.05, 0.1) is 10.7 Å². The first-order valence-electron chi connectivity index (χ1n) is 5.75. The zero-order valence-corrected chi connectivity index (χ0v) is 12.5. The van der Waals surface area contributed by atoms with Crippen LogP contribution in [0.3, 0.4) is 0 Å². The highest BCUT2D eigenvalue weighted by Gasteiger charge is 2.13. The third-order valence-corrected chi connectivity index (χ3v) is 3.55. The lowest BCUT2D eigenvalue weighted by Gasteiger charge is -2.07. The minimum Gasteiger partial charge on any atom is -0.399 e. The van der Waals surface area contributed by atoms with E-state index in [0.717, 1.165) is 10.0 Å². The molecule has 0 radical (unpaired) electrons. The van der Waals surface area contributed by atoms with Gasteiger partial charge in [-0.25, -0.2) is 0 Å². The van der Waals surface area contributed by atoms with Gasteiger partial charge < -0.3 is 5.73 Å². The van der Waals surface area contributed by atoms with Crippen LogP contribution in [0.2, 0.25) is 5.02 Å². The number of rotatable bonds is 2. The molecular weight excluding hydrogens is 342 g/mol. The van der Waals surface area contributed by atoms with E-state index < -0.39 is 0 Å². The Labute approximate surface area is 128 Å². The molecule has 2 N–H and O–H groups in total. The average Bonchev–Trinajstić information content (AvgIpc) is 2.87. The molecule has 0 unspecified atom stereocenters. The smallest absolute Gasteiger partial charge is 0.187 e. The Kier molecular flexibility index (Phi) is 3.42. The van der Waals surface area contributed by atoms with Crippen molar-refractivity contribution in [3.8, 4) is 17.1 Å². The van der Waals surface area contributed by atoms with Crippen LogP contribution in [-0.4, -0.2) is 20.2 Å². The van der Waals surface area contributed by atoms with Crippen molar-refractivity contribution in [3.05, 3.63) is 52.0 Å². The predicted octanol–water partition coefficient (Wildman–Crippen LogP) is 3.33. The van der Waals surface area contributed by atoms with Crippen LogP contribution in [0.5, 0.6) is 0 Å². The summed E-state index contributed by atoms with van der Waals surface area (Å²) in [7, 11) is 0. The second-order valence-corrected chi connectivity index (χ2v) is 5.46. The lowest BCUT2D eigenvalue weighted by atomic mass is 10.2. The van der Waals surface area contributed by atoms with Gasteiger partial charge in [0.1, 0.15) is 0 Å². The van der Waals surface area contributed by atoms with Crippen LogP contribution in [-0.2, 0) is 0 Å². The first-order chi connectivity index (χ1) is 9.65. The van der Waals surface area contributed by atoms with E-state index in [9.17, 15) is 0 Å². The van der Waals surface area contributed by atoms with E-state index in [1.165, 1.54) is 0 Å². The summed E-state index contributed by atoms with van der Waals surface area (Å²) in [6.45, 7) is 0. The van der Waals surface area contributed by atoms with Crippen molar-refractivity contribution in [2.24, 2.45) is 0 Å². The van der Waals surface area contributed by atoms with Gasteiger partial charge >= 0.3 is 0 Å². The standard InChI is InChI=1S/C13H9BrClN5/c14-9-4-5-12(11(15)7-9)20-13(17-18-19-20)8-2-1-3-10(16)6-8/h1-7H,16H2. The molecule has 20 heavy (non-hydrogen) atoms. The van der Waals surface area contributed by atoms with Crippen molar-refractivity contribution in [2.75, 3.05) is 5.73 Å². The molecule has 2 aromatic carbocycles.